The van der Waals surface area contributed by atoms with Gasteiger partial charge < -0.3 is 10.1 Å². The lowest BCUT2D eigenvalue weighted by Crippen LogP contribution is -2.63. The Morgan fingerprint density at radius 3 is 2.71 bits per heavy atom. The Kier molecular flexibility index (Phi) is 2.55. The summed E-state index contributed by atoms with van der Waals surface area (Å²) in [4.78, 5) is 0. The van der Waals surface area contributed by atoms with Crippen LogP contribution >= 0.6 is 0 Å². The maximum absolute atomic E-state index is 10.9. The molecule has 1 spiro atoms. The molecule has 2 heterocycles. The zero-order valence-electron chi connectivity index (χ0n) is 8.03. The molecule has 0 aromatic carbocycles. The van der Waals surface area contributed by atoms with E-state index in [2.05, 4.69) is 5.32 Å². The summed E-state index contributed by atoms with van der Waals surface area (Å²) in [5.41, 5.74) is -0.0897. The minimum atomic E-state index is -3.33. The second-order valence-electron chi connectivity index (χ2n) is 4.32. The van der Waals surface area contributed by atoms with Gasteiger partial charge in [0.05, 0.1) is 11.4 Å². The SMILES string of the molecule is NS(=O)(=O)CC1CCOC2(CNC2)C1. The lowest BCUT2D eigenvalue weighted by Gasteiger charge is -2.47. The number of nitrogens with two attached hydrogens (primary N) is 1. The molecule has 2 aliphatic heterocycles. The molecular formula is C8H16N2O3S. The predicted octanol–water partition coefficient (Wildman–Crippen LogP) is -0.956. The third kappa shape index (κ3) is 2.25. The fraction of sp³-hybridized carbons (Fsp3) is 1.00. The molecular weight excluding hydrogens is 204 g/mol. The molecule has 0 aromatic rings. The number of nitrogens with one attached hydrogen (secondary N) is 1. The van der Waals surface area contributed by atoms with Gasteiger partial charge in [0.15, 0.2) is 0 Å². The van der Waals surface area contributed by atoms with E-state index in [-0.39, 0.29) is 17.3 Å². The Labute approximate surface area is 84.0 Å². The average molecular weight is 220 g/mol. The van der Waals surface area contributed by atoms with Gasteiger partial charge in [0.1, 0.15) is 0 Å². The van der Waals surface area contributed by atoms with Crippen LogP contribution in [0.25, 0.3) is 0 Å². The second kappa shape index (κ2) is 3.44. The van der Waals surface area contributed by atoms with Crippen molar-refractivity contribution in [3.05, 3.63) is 0 Å². The van der Waals surface area contributed by atoms with Crippen molar-refractivity contribution in [2.45, 2.75) is 18.4 Å². The minimum Gasteiger partial charge on any atom is -0.372 e. The number of rotatable bonds is 2. The standard InChI is InChI=1S/C8H16N2O3S/c9-14(11,12)4-7-1-2-13-8(3-7)5-10-6-8/h7,10H,1-6H2,(H2,9,11,12). The molecule has 2 rings (SSSR count). The zero-order chi connectivity index (χ0) is 10.2. The van der Waals surface area contributed by atoms with Gasteiger partial charge in [-0.3, -0.25) is 0 Å². The Hall–Kier alpha value is -0.170. The highest BCUT2D eigenvalue weighted by Gasteiger charge is 2.43. The fourth-order valence-corrected chi connectivity index (χ4v) is 3.19. The fourth-order valence-electron chi connectivity index (χ4n) is 2.25. The molecule has 2 saturated heterocycles. The molecule has 3 N–H and O–H groups in total. The first-order chi connectivity index (χ1) is 6.49. The lowest BCUT2D eigenvalue weighted by atomic mass is 9.83. The summed E-state index contributed by atoms with van der Waals surface area (Å²) in [6, 6.07) is 0. The molecule has 2 aliphatic rings. The number of hydrogen-bond acceptors (Lipinski definition) is 4. The molecule has 6 heteroatoms. The Balaban J connectivity index is 1.94. The van der Waals surface area contributed by atoms with Crippen molar-refractivity contribution in [1.29, 1.82) is 0 Å². The van der Waals surface area contributed by atoms with Gasteiger partial charge in [0.25, 0.3) is 0 Å². The van der Waals surface area contributed by atoms with E-state index in [1.165, 1.54) is 0 Å². The van der Waals surface area contributed by atoms with Crippen molar-refractivity contribution < 1.29 is 13.2 Å². The Morgan fingerprint density at radius 1 is 1.50 bits per heavy atom. The van der Waals surface area contributed by atoms with Gasteiger partial charge in [-0.1, -0.05) is 0 Å². The van der Waals surface area contributed by atoms with Gasteiger partial charge in [-0.05, 0) is 18.8 Å². The quantitative estimate of drug-likeness (QED) is 0.628. The van der Waals surface area contributed by atoms with E-state index in [9.17, 15) is 8.42 Å². The third-order valence-electron chi connectivity index (χ3n) is 2.96. The van der Waals surface area contributed by atoms with Crippen molar-refractivity contribution >= 4 is 10.0 Å². The molecule has 0 aromatic heterocycles. The van der Waals surface area contributed by atoms with E-state index < -0.39 is 10.0 Å². The van der Waals surface area contributed by atoms with Gasteiger partial charge in [-0.15, -0.1) is 0 Å². The molecule has 1 atom stereocenters. The minimum absolute atomic E-state index is 0.0897. The third-order valence-corrected chi connectivity index (χ3v) is 3.89. The monoisotopic (exact) mass is 220 g/mol. The first-order valence-electron chi connectivity index (χ1n) is 4.84. The summed E-state index contributed by atoms with van der Waals surface area (Å²) in [6.07, 6.45) is 1.62. The Bertz CT molecular complexity index is 311. The van der Waals surface area contributed by atoms with E-state index in [4.69, 9.17) is 9.88 Å². The first-order valence-corrected chi connectivity index (χ1v) is 6.56. The van der Waals surface area contributed by atoms with Crippen molar-refractivity contribution in [3.63, 3.8) is 0 Å². The van der Waals surface area contributed by atoms with Crippen molar-refractivity contribution in [2.75, 3.05) is 25.4 Å². The molecule has 0 radical (unpaired) electrons. The van der Waals surface area contributed by atoms with Crippen LogP contribution in [-0.2, 0) is 14.8 Å². The van der Waals surface area contributed by atoms with Crippen LogP contribution in [-0.4, -0.2) is 39.5 Å². The highest BCUT2D eigenvalue weighted by molar-refractivity contribution is 7.89. The molecule has 0 bridgehead atoms. The van der Waals surface area contributed by atoms with Crippen molar-refractivity contribution in [2.24, 2.45) is 11.1 Å². The lowest BCUT2D eigenvalue weighted by molar-refractivity contribution is -0.123. The van der Waals surface area contributed by atoms with Crippen LogP contribution in [0.5, 0.6) is 0 Å². The van der Waals surface area contributed by atoms with Crippen molar-refractivity contribution in [1.82, 2.24) is 5.32 Å². The predicted molar refractivity (Wildman–Crippen MR) is 52.3 cm³/mol. The maximum Gasteiger partial charge on any atom is 0.209 e. The van der Waals surface area contributed by atoms with Crippen LogP contribution in [0.4, 0.5) is 0 Å². The van der Waals surface area contributed by atoms with Gasteiger partial charge in [-0.2, -0.15) is 0 Å². The molecule has 1 unspecified atom stereocenters. The van der Waals surface area contributed by atoms with Gasteiger partial charge in [0, 0.05) is 19.7 Å². The van der Waals surface area contributed by atoms with Crippen LogP contribution in [0.15, 0.2) is 0 Å². The largest absolute Gasteiger partial charge is 0.372 e. The molecule has 0 aliphatic carbocycles. The van der Waals surface area contributed by atoms with E-state index >= 15 is 0 Å². The summed E-state index contributed by atoms with van der Waals surface area (Å²) in [5, 5.41) is 8.18. The van der Waals surface area contributed by atoms with E-state index in [0.717, 1.165) is 25.9 Å². The number of ether oxygens (including phenoxy) is 1. The summed E-state index contributed by atoms with van der Waals surface area (Å²) in [7, 11) is -3.33. The summed E-state index contributed by atoms with van der Waals surface area (Å²) in [5.74, 6) is 0.263. The topological polar surface area (TPSA) is 81.4 Å². The summed E-state index contributed by atoms with van der Waals surface area (Å²) < 4.78 is 27.5. The summed E-state index contributed by atoms with van der Waals surface area (Å²) in [6.45, 7) is 2.34. The van der Waals surface area contributed by atoms with Crippen molar-refractivity contribution in [3.8, 4) is 0 Å². The zero-order valence-corrected chi connectivity index (χ0v) is 8.85. The number of hydrogen-bond donors (Lipinski definition) is 2. The molecule has 0 amide bonds. The van der Waals surface area contributed by atoms with Gasteiger partial charge >= 0.3 is 0 Å². The normalized spacial score (nSPS) is 31.4. The number of primary sulfonamides is 1. The highest BCUT2D eigenvalue weighted by atomic mass is 32.2. The van der Waals surface area contributed by atoms with E-state index in [1.807, 2.05) is 0 Å². The van der Waals surface area contributed by atoms with E-state index in [0.29, 0.717) is 6.61 Å². The molecule has 82 valence electrons. The average Bonchev–Trinajstić information content (AvgIpc) is 1.99. The summed E-state index contributed by atoms with van der Waals surface area (Å²) >= 11 is 0. The van der Waals surface area contributed by atoms with Gasteiger partial charge in [-0.25, -0.2) is 13.6 Å². The highest BCUT2D eigenvalue weighted by Crippen LogP contribution is 2.32. The Morgan fingerprint density at radius 2 is 2.21 bits per heavy atom. The van der Waals surface area contributed by atoms with Crippen LogP contribution in [0.2, 0.25) is 0 Å². The maximum atomic E-state index is 10.9. The molecule has 14 heavy (non-hydrogen) atoms. The van der Waals surface area contributed by atoms with Crippen LogP contribution < -0.4 is 10.5 Å². The number of sulfonamides is 1. The molecule has 2 fully saturated rings. The van der Waals surface area contributed by atoms with Crippen LogP contribution in [0.3, 0.4) is 0 Å². The van der Waals surface area contributed by atoms with Gasteiger partial charge in [0.2, 0.25) is 10.0 Å². The van der Waals surface area contributed by atoms with E-state index in [1.54, 1.807) is 0 Å². The second-order valence-corrected chi connectivity index (χ2v) is 5.98. The van der Waals surface area contributed by atoms with Crippen LogP contribution in [0.1, 0.15) is 12.8 Å². The molecule has 5 nitrogen and oxygen atoms in total. The smallest absolute Gasteiger partial charge is 0.209 e. The molecule has 0 saturated carbocycles. The first kappa shape index (κ1) is 10.4. The van der Waals surface area contributed by atoms with Crippen LogP contribution in [0, 0.1) is 5.92 Å².